The summed E-state index contributed by atoms with van der Waals surface area (Å²) in [4.78, 5) is 21.8. The fourth-order valence-corrected chi connectivity index (χ4v) is 6.29. The first-order valence-electron chi connectivity index (χ1n) is 11.3. The summed E-state index contributed by atoms with van der Waals surface area (Å²) >= 11 is 1.69. The molecule has 0 spiro atoms. The number of aliphatic imine (C=N–C) groups is 1. The predicted octanol–water partition coefficient (Wildman–Crippen LogP) is 5.52. The van der Waals surface area contributed by atoms with Crippen LogP contribution in [-0.2, 0) is 4.79 Å². The highest BCUT2D eigenvalue weighted by Crippen LogP contribution is 2.52. The molecule has 5 nitrogen and oxygen atoms in total. The van der Waals surface area contributed by atoms with E-state index in [1.54, 1.807) is 11.3 Å². The van der Waals surface area contributed by atoms with Gasteiger partial charge in [-0.3, -0.25) is 9.69 Å². The van der Waals surface area contributed by atoms with Crippen LogP contribution in [0.4, 0.5) is 5.69 Å². The van der Waals surface area contributed by atoms with Gasteiger partial charge in [-0.1, -0.05) is 42.5 Å². The van der Waals surface area contributed by atoms with E-state index in [2.05, 4.69) is 17.5 Å². The van der Waals surface area contributed by atoms with Crippen molar-refractivity contribution in [1.82, 2.24) is 0 Å². The first-order valence-corrected chi connectivity index (χ1v) is 12.2. The van der Waals surface area contributed by atoms with Crippen LogP contribution >= 0.6 is 11.3 Å². The van der Waals surface area contributed by atoms with Crippen LogP contribution < -0.4 is 10.6 Å². The van der Waals surface area contributed by atoms with Crippen LogP contribution in [0.1, 0.15) is 46.2 Å². The van der Waals surface area contributed by atoms with Crippen molar-refractivity contribution in [3.05, 3.63) is 110 Å². The van der Waals surface area contributed by atoms with Crippen molar-refractivity contribution in [2.24, 2.45) is 10.7 Å². The summed E-state index contributed by atoms with van der Waals surface area (Å²) in [6.07, 6.45) is 1.15. The number of Topliss-reactive ketones (excluding diaryl/α,β-unsaturated/α-hetero) is 1. The molecule has 2 N–H and O–H groups in total. The van der Waals surface area contributed by atoms with Gasteiger partial charge in [0.15, 0.2) is 11.6 Å². The summed E-state index contributed by atoms with van der Waals surface area (Å²) in [6, 6.07) is 22.3. The second-order valence-electron chi connectivity index (χ2n) is 8.89. The molecule has 3 aliphatic rings. The van der Waals surface area contributed by atoms with Crippen molar-refractivity contribution in [3.8, 4) is 6.07 Å². The quantitative estimate of drug-likeness (QED) is 0.544. The van der Waals surface area contributed by atoms with Gasteiger partial charge in [0.1, 0.15) is 5.84 Å². The Morgan fingerprint density at radius 2 is 1.88 bits per heavy atom. The lowest BCUT2D eigenvalue weighted by Gasteiger charge is -2.43. The third-order valence-electron chi connectivity index (χ3n) is 7.00. The van der Waals surface area contributed by atoms with Gasteiger partial charge in [-0.25, -0.2) is 4.99 Å². The van der Waals surface area contributed by atoms with Gasteiger partial charge in [0, 0.05) is 34.0 Å². The number of rotatable bonds is 2. The number of nitriles is 1. The highest BCUT2D eigenvalue weighted by molar-refractivity contribution is 7.10. The highest BCUT2D eigenvalue weighted by atomic mass is 32.1. The average Bonchev–Trinajstić information content (AvgIpc) is 3.39. The lowest BCUT2D eigenvalue weighted by Crippen LogP contribution is -2.40. The monoisotopic (exact) mass is 462 g/mol. The predicted molar refractivity (Wildman–Crippen MR) is 135 cm³/mol. The van der Waals surface area contributed by atoms with E-state index in [1.807, 2.05) is 66.4 Å². The number of hydrogen-bond acceptors (Lipinski definition) is 6. The Hall–Kier alpha value is -3.95. The molecule has 0 saturated heterocycles. The first kappa shape index (κ1) is 20.6. The fraction of sp³-hybridized carbons (Fsp3) is 0.179. The SMILES string of the molecule is Cc1ccccc1C1C(C#N)=C2N=C(N)c3ccccc3N2C2=C1C(=O)CC(c1cccs1)C2. The third kappa shape index (κ3) is 2.98. The number of anilines is 1. The summed E-state index contributed by atoms with van der Waals surface area (Å²) < 4.78 is 0. The van der Waals surface area contributed by atoms with Crippen molar-refractivity contribution >= 4 is 28.6 Å². The van der Waals surface area contributed by atoms with Gasteiger partial charge < -0.3 is 5.73 Å². The minimum Gasteiger partial charge on any atom is -0.383 e. The number of thiophene rings is 1. The first-order chi connectivity index (χ1) is 16.6. The van der Waals surface area contributed by atoms with Gasteiger partial charge in [0.25, 0.3) is 0 Å². The van der Waals surface area contributed by atoms with E-state index in [-0.39, 0.29) is 11.7 Å². The number of allylic oxidation sites excluding steroid dienone is 3. The number of carbonyl (C=O) groups is 1. The van der Waals surface area contributed by atoms with E-state index in [4.69, 9.17) is 10.7 Å². The minimum absolute atomic E-state index is 0.0970. The summed E-state index contributed by atoms with van der Waals surface area (Å²) in [6.45, 7) is 2.02. The molecule has 0 saturated carbocycles. The normalized spacial score (nSPS) is 21.5. The van der Waals surface area contributed by atoms with Crippen LogP contribution in [0.5, 0.6) is 0 Å². The number of nitrogens with two attached hydrogens (primary N) is 1. The molecule has 166 valence electrons. The zero-order valence-electron chi connectivity index (χ0n) is 18.7. The molecule has 6 rings (SSSR count). The number of aryl methyl sites for hydroxylation is 1. The molecule has 6 heteroatoms. The number of carbonyl (C=O) groups excluding carboxylic acids is 1. The topological polar surface area (TPSA) is 82.5 Å². The molecule has 2 aromatic carbocycles. The van der Waals surface area contributed by atoms with E-state index in [0.29, 0.717) is 35.6 Å². The molecular formula is C28H22N4OS. The summed E-state index contributed by atoms with van der Waals surface area (Å²) in [5.41, 5.74) is 12.2. The molecule has 3 aromatic rings. The number of fused-ring (bicyclic) bond motifs is 4. The molecule has 0 radical (unpaired) electrons. The summed E-state index contributed by atoms with van der Waals surface area (Å²) in [5.74, 6) is 0.666. The van der Waals surface area contributed by atoms with Crippen LogP contribution in [0.15, 0.2) is 93.7 Å². The largest absolute Gasteiger partial charge is 0.383 e. The van der Waals surface area contributed by atoms with Crippen LogP contribution in [0.25, 0.3) is 0 Å². The highest BCUT2D eigenvalue weighted by Gasteiger charge is 2.45. The summed E-state index contributed by atoms with van der Waals surface area (Å²) in [7, 11) is 0. The zero-order valence-corrected chi connectivity index (χ0v) is 19.5. The van der Waals surface area contributed by atoms with Gasteiger partial charge in [-0.2, -0.15) is 5.26 Å². The fourth-order valence-electron chi connectivity index (χ4n) is 5.46. The molecular weight excluding hydrogens is 440 g/mol. The molecule has 34 heavy (non-hydrogen) atoms. The second kappa shape index (κ2) is 7.82. The number of nitrogens with zero attached hydrogens (tertiary/aromatic N) is 3. The van der Waals surface area contributed by atoms with E-state index in [9.17, 15) is 10.1 Å². The molecule has 0 fully saturated rings. The van der Waals surface area contributed by atoms with Crippen LogP contribution in [0.3, 0.4) is 0 Å². The van der Waals surface area contributed by atoms with Crippen molar-refractivity contribution in [3.63, 3.8) is 0 Å². The molecule has 3 heterocycles. The van der Waals surface area contributed by atoms with E-state index in [0.717, 1.165) is 28.1 Å². The van der Waals surface area contributed by atoms with Gasteiger partial charge in [-0.05, 0) is 48.1 Å². The van der Waals surface area contributed by atoms with Crippen molar-refractivity contribution < 1.29 is 4.79 Å². The number of hydrogen-bond donors (Lipinski definition) is 1. The Balaban J connectivity index is 1.65. The van der Waals surface area contributed by atoms with Crippen LogP contribution in [-0.4, -0.2) is 11.6 Å². The van der Waals surface area contributed by atoms with Crippen molar-refractivity contribution in [2.45, 2.75) is 31.6 Å². The summed E-state index contributed by atoms with van der Waals surface area (Å²) in [5, 5.41) is 12.4. The number of benzene rings is 2. The lowest BCUT2D eigenvalue weighted by molar-refractivity contribution is -0.116. The average molecular weight is 463 g/mol. The molecule has 1 aliphatic carbocycles. The Morgan fingerprint density at radius 3 is 2.65 bits per heavy atom. The minimum atomic E-state index is -0.453. The lowest BCUT2D eigenvalue weighted by atomic mass is 9.72. The van der Waals surface area contributed by atoms with Crippen molar-refractivity contribution in [2.75, 3.05) is 4.90 Å². The molecule has 2 unspecified atom stereocenters. The molecule has 2 atom stereocenters. The molecule has 0 bridgehead atoms. The Morgan fingerprint density at radius 1 is 1.09 bits per heavy atom. The molecule has 1 aromatic heterocycles. The maximum absolute atomic E-state index is 13.9. The van der Waals surface area contributed by atoms with Gasteiger partial charge in [-0.15, -0.1) is 11.3 Å². The van der Waals surface area contributed by atoms with E-state index < -0.39 is 5.92 Å². The number of ketones is 1. The molecule has 0 amide bonds. The smallest absolute Gasteiger partial charge is 0.162 e. The Bertz CT molecular complexity index is 1470. The number of amidine groups is 1. The third-order valence-corrected chi connectivity index (χ3v) is 8.03. The Labute approximate surface area is 202 Å². The maximum Gasteiger partial charge on any atom is 0.162 e. The van der Waals surface area contributed by atoms with Gasteiger partial charge in [0.05, 0.1) is 23.2 Å². The zero-order chi connectivity index (χ0) is 23.4. The van der Waals surface area contributed by atoms with Crippen molar-refractivity contribution in [1.29, 1.82) is 5.26 Å². The number of para-hydroxylation sites is 1. The maximum atomic E-state index is 13.9. The van der Waals surface area contributed by atoms with Gasteiger partial charge in [0.2, 0.25) is 0 Å². The standard InChI is InChI=1S/C28H22N4OS/c1-16-7-2-3-8-18(16)25-20(15-29)28-31-27(30)19-9-4-5-10-21(19)32(28)22-13-17(14-23(33)26(22)25)24-11-6-12-34-24/h2-12,17,25H,13-14H2,1H3,(H2,30,31). The van der Waals surface area contributed by atoms with E-state index >= 15 is 0 Å². The van der Waals surface area contributed by atoms with Crippen LogP contribution in [0, 0.1) is 18.3 Å². The second-order valence-corrected chi connectivity index (χ2v) is 9.87. The van der Waals surface area contributed by atoms with E-state index in [1.165, 1.54) is 4.88 Å². The Kier molecular flexibility index (Phi) is 4.75. The molecule has 2 aliphatic heterocycles. The van der Waals surface area contributed by atoms with Gasteiger partial charge >= 0.3 is 0 Å². The van der Waals surface area contributed by atoms with Crippen LogP contribution in [0.2, 0.25) is 0 Å².